The molecule has 2 nitrogen and oxygen atoms in total. The average molecular weight is 315 g/mol. The van der Waals surface area contributed by atoms with Gasteiger partial charge in [-0.15, -0.1) is 11.8 Å². The molecular weight excluding hydrogens is 299 g/mol. The van der Waals surface area contributed by atoms with Gasteiger partial charge in [0.15, 0.2) is 0 Å². The highest BCUT2D eigenvalue weighted by Crippen LogP contribution is 2.34. The summed E-state index contributed by atoms with van der Waals surface area (Å²) < 4.78 is -0.200. The van der Waals surface area contributed by atoms with Gasteiger partial charge in [0.25, 0.3) is 0 Å². The second kappa shape index (κ2) is 6.37. The summed E-state index contributed by atoms with van der Waals surface area (Å²) in [5.74, 6) is 0. The maximum atomic E-state index is 9.27. The molecule has 1 aromatic carbocycles. The standard InChI is InChI=1S/C14H16Cl2N2S/c1-19-14(10-17)4-6-18(7-5-14)9-11-8-12(15)2-3-13(11)16/h2-3,8H,4-7,9H2,1H3. The zero-order valence-corrected chi connectivity index (χ0v) is 13.2. The van der Waals surface area contributed by atoms with E-state index in [1.807, 2.05) is 18.4 Å². The van der Waals surface area contributed by atoms with Gasteiger partial charge in [-0.3, -0.25) is 4.90 Å². The van der Waals surface area contributed by atoms with Gasteiger partial charge in [-0.05, 0) is 42.9 Å². The van der Waals surface area contributed by atoms with Crippen LogP contribution in [0, 0.1) is 11.3 Å². The van der Waals surface area contributed by atoms with Crippen LogP contribution in [0.2, 0.25) is 10.0 Å². The molecule has 102 valence electrons. The van der Waals surface area contributed by atoms with E-state index in [0.29, 0.717) is 5.02 Å². The monoisotopic (exact) mass is 314 g/mol. The number of hydrogen-bond donors (Lipinski definition) is 0. The SMILES string of the molecule is CSC1(C#N)CCN(Cc2cc(Cl)ccc2Cl)CC1. The molecule has 1 saturated heterocycles. The van der Waals surface area contributed by atoms with Crippen LogP contribution in [0.1, 0.15) is 18.4 Å². The Labute approximate surface area is 128 Å². The third-order valence-corrected chi connectivity index (χ3v) is 5.54. The number of benzene rings is 1. The molecule has 19 heavy (non-hydrogen) atoms. The molecule has 0 radical (unpaired) electrons. The molecule has 0 aromatic heterocycles. The highest BCUT2D eigenvalue weighted by Gasteiger charge is 2.33. The van der Waals surface area contributed by atoms with Crippen molar-refractivity contribution in [3.63, 3.8) is 0 Å². The van der Waals surface area contributed by atoms with Crippen molar-refractivity contribution in [3.05, 3.63) is 33.8 Å². The largest absolute Gasteiger partial charge is 0.299 e. The Bertz CT molecular complexity index is 491. The van der Waals surface area contributed by atoms with Crippen LogP contribution in [0.15, 0.2) is 18.2 Å². The summed E-state index contributed by atoms with van der Waals surface area (Å²) >= 11 is 13.9. The minimum atomic E-state index is -0.200. The highest BCUT2D eigenvalue weighted by atomic mass is 35.5. The number of nitrogens with zero attached hydrogens (tertiary/aromatic N) is 2. The van der Waals surface area contributed by atoms with Crippen LogP contribution >= 0.6 is 35.0 Å². The maximum Gasteiger partial charge on any atom is 0.104 e. The van der Waals surface area contributed by atoms with Crippen LogP contribution in [0.5, 0.6) is 0 Å². The maximum absolute atomic E-state index is 9.27. The fourth-order valence-corrected chi connectivity index (χ4v) is 3.39. The third-order valence-electron chi connectivity index (χ3n) is 3.66. The Balaban J connectivity index is 2.00. The second-order valence-electron chi connectivity index (χ2n) is 4.82. The van der Waals surface area contributed by atoms with E-state index in [1.54, 1.807) is 17.8 Å². The van der Waals surface area contributed by atoms with E-state index >= 15 is 0 Å². The molecule has 5 heteroatoms. The van der Waals surface area contributed by atoms with Gasteiger partial charge in [-0.25, -0.2) is 0 Å². The lowest BCUT2D eigenvalue weighted by Gasteiger charge is -2.36. The Morgan fingerprint density at radius 3 is 2.63 bits per heavy atom. The molecule has 0 atom stereocenters. The summed E-state index contributed by atoms with van der Waals surface area (Å²) in [5.41, 5.74) is 1.06. The Hall–Kier alpha value is -0.400. The Morgan fingerprint density at radius 1 is 1.37 bits per heavy atom. The van der Waals surface area contributed by atoms with Crippen LogP contribution < -0.4 is 0 Å². The van der Waals surface area contributed by atoms with E-state index < -0.39 is 0 Å². The molecule has 1 aromatic rings. The lowest BCUT2D eigenvalue weighted by atomic mass is 9.97. The van der Waals surface area contributed by atoms with Gasteiger partial charge >= 0.3 is 0 Å². The summed E-state index contributed by atoms with van der Waals surface area (Å²) in [6, 6.07) is 8.02. The fourth-order valence-electron chi connectivity index (χ4n) is 2.34. The van der Waals surface area contributed by atoms with Crippen LogP contribution in [0.25, 0.3) is 0 Å². The van der Waals surface area contributed by atoms with Crippen molar-refractivity contribution in [1.29, 1.82) is 5.26 Å². The van der Waals surface area contributed by atoms with Crippen LogP contribution in [-0.2, 0) is 6.54 Å². The van der Waals surface area contributed by atoms with Crippen molar-refractivity contribution in [2.45, 2.75) is 24.1 Å². The molecule has 1 aliphatic rings. The molecule has 0 amide bonds. The Morgan fingerprint density at radius 2 is 2.05 bits per heavy atom. The fraction of sp³-hybridized carbons (Fsp3) is 0.500. The van der Waals surface area contributed by atoms with Crippen molar-refractivity contribution in [2.24, 2.45) is 0 Å². The van der Waals surface area contributed by atoms with Crippen LogP contribution in [0.3, 0.4) is 0 Å². The van der Waals surface area contributed by atoms with Crippen molar-refractivity contribution < 1.29 is 0 Å². The minimum absolute atomic E-state index is 0.200. The van der Waals surface area contributed by atoms with E-state index in [0.717, 1.165) is 43.1 Å². The van der Waals surface area contributed by atoms with E-state index in [1.165, 1.54) is 0 Å². The van der Waals surface area contributed by atoms with Crippen LogP contribution in [0.4, 0.5) is 0 Å². The lowest BCUT2D eigenvalue weighted by molar-refractivity contribution is 0.209. The number of thioether (sulfide) groups is 1. The van der Waals surface area contributed by atoms with Crippen molar-refractivity contribution in [1.82, 2.24) is 4.90 Å². The summed E-state index contributed by atoms with van der Waals surface area (Å²) in [6.07, 6.45) is 3.83. The van der Waals surface area contributed by atoms with Crippen LogP contribution in [-0.4, -0.2) is 29.0 Å². The molecule has 0 N–H and O–H groups in total. The number of hydrogen-bond acceptors (Lipinski definition) is 3. The normalized spacial score (nSPS) is 19.1. The predicted molar refractivity (Wildman–Crippen MR) is 82.8 cm³/mol. The summed E-state index contributed by atoms with van der Waals surface area (Å²) in [6.45, 7) is 2.66. The van der Waals surface area contributed by atoms with Crippen molar-refractivity contribution in [3.8, 4) is 6.07 Å². The van der Waals surface area contributed by atoms with E-state index in [4.69, 9.17) is 23.2 Å². The molecule has 1 fully saturated rings. The topological polar surface area (TPSA) is 27.0 Å². The van der Waals surface area contributed by atoms with Gasteiger partial charge in [-0.1, -0.05) is 23.2 Å². The van der Waals surface area contributed by atoms with Gasteiger partial charge in [0.2, 0.25) is 0 Å². The van der Waals surface area contributed by atoms with Gasteiger partial charge in [-0.2, -0.15) is 5.26 Å². The number of rotatable bonds is 3. The molecule has 0 saturated carbocycles. The van der Waals surface area contributed by atoms with Gasteiger partial charge < -0.3 is 0 Å². The zero-order valence-electron chi connectivity index (χ0n) is 10.8. The van der Waals surface area contributed by atoms with Crippen molar-refractivity contribution >= 4 is 35.0 Å². The van der Waals surface area contributed by atoms with Gasteiger partial charge in [0, 0.05) is 29.7 Å². The number of halogens is 2. The zero-order chi connectivity index (χ0) is 13.9. The molecule has 2 rings (SSSR count). The summed E-state index contributed by atoms with van der Waals surface area (Å²) in [7, 11) is 0. The molecule has 0 bridgehead atoms. The van der Waals surface area contributed by atoms with E-state index in [-0.39, 0.29) is 4.75 Å². The first-order valence-corrected chi connectivity index (χ1v) is 8.19. The highest BCUT2D eigenvalue weighted by molar-refractivity contribution is 8.00. The smallest absolute Gasteiger partial charge is 0.104 e. The molecule has 0 unspecified atom stereocenters. The quantitative estimate of drug-likeness (QED) is 0.836. The summed E-state index contributed by atoms with van der Waals surface area (Å²) in [4.78, 5) is 2.34. The second-order valence-corrected chi connectivity index (χ2v) is 6.86. The summed E-state index contributed by atoms with van der Waals surface area (Å²) in [5, 5.41) is 10.7. The third kappa shape index (κ3) is 3.58. The minimum Gasteiger partial charge on any atom is -0.299 e. The molecular formula is C14H16Cl2N2S. The van der Waals surface area contributed by atoms with E-state index in [9.17, 15) is 5.26 Å². The first-order valence-electron chi connectivity index (χ1n) is 6.21. The molecule has 0 aliphatic carbocycles. The Kier molecular flexibility index (Phi) is 5.03. The number of nitriles is 1. The first kappa shape index (κ1) is 15.0. The van der Waals surface area contributed by atoms with Gasteiger partial charge in [0.1, 0.15) is 4.75 Å². The van der Waals surface area contributed by atoms with Crippen molar-refractivity contribution in [2.75, 3.05) is 19.3 Å². The molecule has 0 spiro atoms. The first-order chi connectivity index (χ1) is 9.08. The molecule has 1 aliphatic heterocycles. The average Bonchev–Trinajstić information content (AvgIpc) is 2.44. The number of piperidine rings is 1. The lowest BCUT2D eigenvalue weighted by Crippen LogP contribution is -2.41. The number of likely N-dealkylation sites (tertiary alicyclic amines) is 1. The van der Waals surface area contributed by atoms with E-state index in [2.05, 4.69) is 11.0 Å². The predicted octanol–water partition coefficient (Wildman–Crippen LogP) is 4.21. The van der Waals surface area contributed by atoms with Gasteiger partial charge in [0.05, 0.1) is 6.07 Å². The molecule has 1 heterocycles.